The number of aliphatic hydroxyl groups excluding tert-OH is 1. The summed E-state index contributed by atoms with van der Waals surface area (Å²) in [4.78, 5) is 29.6. The molecule has 17 heavy (non-hydrogen) atoms. The summed E-state index contributed by atoms with van der Waals surface area (Å²) in [5, 5.41) is 24.5. The standard InChI is InChI=1S/C6H10O3.C4H6O4/c1-3-5(7)9-6(8)4-2;5-3(6)1-2-4(7)8/h3,6,8H,1,4H2,2H3;1-2H2,(H,5,6)(H,7,8). The number of carboxylic acid groups (broad SMARTS) is 2. The molecule has 0 radical (unpaired) electrons. The highest BCUT2D eigenvalue weighted by atomic mass is 16.6. The van der Waals surface area contributed by atoms with Crippen molar-refractivity contribution in [1.29, 1.82) is 0 Å². The Kier molecular flexibility index (Phi) is 10.9. The maximum absolute atomic E-state index is 10.3. The van der Waals surface area contributed by atoms with E-state index in [4.69, 9.17) is 15.3 Å². The molecule has 0 spiro atoms. The molecule has 1 unspecified atom stereocenters. The van der Waals surface area contributed by atoms with Crippen LogP contribution in [0.4, 0.5) is 0 Å². The van der Waals surface area contributed by atoms with Gasteiger partial charge >= 0.3 is 17.9 Å². The van der Waals surface area contributed by atoms with Gasteiger partial charge in [-0.1, -0.05) is 13.5 Å². The van der Waals surface area contributed by atoms with E-state index >= 15 is 0 Å². The van der Waals surface area contributed by atoms with E-state index in [1.807, 2.05) is 0 Å². The lowest BCUT2D eigenvalue weighted by molar-refractivity contribution is -0.161. The number of aliphatic carboxylic acids is 2. The Morgan fingerprint density at radius 3 is 1.88 bits per heavy atom. The lowest BCUT2D eigenvalue weighted by atomic mass is 10.3. The van der Waals surface area contributed by atoms with Gasteiger partial charge < -0.3 is 20.1 Å². The summed E-state index contributed by atoms with van der Waals surface area (Å²) in [6.45, 7) is 4.87. The third-order valence-electron chi connectivity index (χ3n) is 1.32. The number of carbonyl (C=O) groups excluding carboxylic acids is 1. The van der Waals surface area contributed by atoms with Gasteiger partial charge in [0.1, 0.15) is 0 Å². The Hall–Kier alpha value is -1.89. The van der Waals surface area contributed by atoms with Gasteiger partial charge in [0.05, 0.1) is 12.8 Å². The van der Waals surface area contributed by atoms with Crippen molar-refractivity contribution in [2.45, 2.75) is 32.5 Å². The highest BCUT2D eigenvalue weighted by Crippen LogP contribution is 1.92. The van der Waals surface area contributed by atoms with Crippen molar-refractivity contribution in [2.24, 2.45) is 0 Å². The number of esters is 1. The summed E-state index contributed by atoms with van der Waals surface area (Å²) in [5.41, 5.74) is 0. The average molecular weight is 248 g/mol. The highest BCUT2D eigenvalue weighted by Gasteiger charge is 2.03. The molecule has 0 aromatic heterocycles. The molecular formula is C10H16O7. The lowest BCUT2D eigenvalue weighted by Gasteiger charge is -2.05. The largest absolute Gasteiger partial charge is 0.481 e. The number of aliphatic hydroxyl groups is 1. The minimum atomic E-state index is -1.08. The van der Waals surface area contributed by atoms with Crippen molar-refractivity contribution in [3.63, 3.8) is 0 Å². The van der Waals surface area contributed by atoms with E-state index in [1.165, 1.54) is 0 Å². The van der Waals surface area contributed by atoms with Gasteiger partial charge in [-0.3, -0.25) is 9.59 Å². The molecule has 0 aromatic carbocycles. The SMILES string of the molecule is C=CC(=O)OC(O)CC.O=C(O)CCC(=O)O. The zero-order valence-corrected chi connectivity index (χ0v) is 9.46. The zero-order chi connectivity index (χ0) is 13.8. The molecule has 7 nitrogen and oxygen atoms in total. The molecule has 0 rings (SSSR count). The third-order valence-corrected chi connectivity index (χ3v) is 1.32. The third kappa shape index (κ3) is 16.8. The molecule has 0 bridgehead atoms. The van der Waals surface area contributed by atoms with Crippen LogP contribution in [0.15, 0.2) is 12.7 Å². The Balaban J connectivity index is 0. The molecule has 0 aliphatic rings. The summed E-state index contributed by atoms with van der Waals surface area (Å²) in [6, 6.07) is 0. The van der Waals surface area contributed by atoms with Crippen LogP contribution in [0.1, 0.15) is 26.2 Å². The molecule has 0 aliphatic carbocycles. The first-order valence-corrected chi connectivity index (χ1v) is 4.78. The minimum Gasteiger partial charge on any atom is -0.481 e. The number of carbonyl (C=O) groups is 3. The maximum Gasteiger partial charge on any atom is 0.332 e. The first-order valence-electron chi connectivity index (χ1n) is 4.78. The smallest absolute Gasteiger partial charge is 0.332 e. The minimum absolute atomic E-state index is 0.296. The summed E-state index contributed by atoms with van der Waals surface area (Å²) >= 11 is 0. The average Bonchev–Trinajstić information content (AvgIpc) is 2.26. The van der Waals surface area contributed by atoms with E-state index in [-0.39, 0.29) is 12.8 Å². The molecule has 0 aliphatic heterocycles. The van der Waals surface area contributed by atoms with Gasteiger partial charge in [-0.05, 0) is 0 Å². The molecule has 0 saturated carbocycles. The van der Waals surface area contributed by atoms with Crippen LogP contribution < -0.4 is 0 Å². The van der Waals surface area contributed by atoms with Crippen LogP contribution in [0.2, 0.25) is 0 Å². The first-order chi connectivity index (χ1) is 7.83. The van der Waals surface area contributed by atoms with Gasteiger partial charge in [-0.2, -0.15) is 0 Å². The second-order valence-corrected chi connectivity index (χ2v) is 2.79. The van der Waals surface area contributed by atoms with Gasteiger partial charge in [0, 0.05) is 12.5 Å². The molecule has 0 aromatic rings. The molecule has 3 N–H and O–H groups in total. The fourth-order valence-electron chi connectivity index (χ4n) is 0.479. The number of rotatable bonds is 6. The lowest BCUT2D eigenvalue weighted by Crippen LogP contribution is -2.14. The first kappa shape index (κ1) is 17.5. The summed E-state index contributed by atoms with van der Waals surface area (Å²) < 4.78 is 4.35. The Morgan fingerprint density at radius 1 is 1.24 bits per heavy atom. The molecule has 0 amide bonds. The fourth-order valence-corrected chi connectivity index (χ4v) is 0.479. The maximum atomic E-state index is 10.3. The topological polar surface area (TPSA) is 121 Å². The Labute approximate surface area is 98.3 Å². The second-order valence-electron chi connectivity index (χ2n) is 2.79. The van der Waals surface area contributed by atoms with E-state index in [1.54, 1.807) is 6.92 Å². The quantitative estimate of drug-likeness (QED) is 0.353. The van der Waals surface area contributed by atoms with Crippen LogP contribution in [0.3, 0.4) is 0 Å². The Morgan fingerprint density at radius 2 is 1.65 bits per heavy atom. The number of carboxylic acids is 2. The van der Waals surface area contributed by atoms with Gasteiger partial charge in [-0.15, -0.1) is 0 Å². The van der Waals surface area contributed by atoms with Gasteiger partial charge in [0.15, 0.2) is 0 Å². The molecule has 98 valence electrons. The van der Waals surface area contributed by atoms with E-state index in [0.717, 1.165) is 6.08 Å². The summed E-state index contributed by atoms with van der Waals surface area (Å²) in [5.74, 6) is -2.75. The van der Waals surface area contributed by atoms with Crippen molar-refractivity contribution >= 4 is 17.9 Å². The normalized spacial score (nSPS) is 10.5. The zero-order valence-electron chi connectivity index (χ0n) is 9.46. The van der Waals surface area contributed by atoms with E-state index in [9.17, 15) is 14.4 Å². The predicted molar refractivity (Wildman–Crippen MR) is 57.1 cm³/mol. The van der Waals surface area contributed by atoms with Crippen LogP contribution in [0.5, 0.6) is 0 Å². The van der Waals surface area contributed by atoms with E-state index in [2.05, 4.69) is 11.3 Å². The predicted octanol–water partition coefficient (Wildman–Crippen LogP) is 0.380. The van der Waals surface area contributed by atoms with Crippen molar-refractivity contribution in [3.8, 4) is 0 Å². The summed E-state index contributed by atoms with van der Waals surface area (Å²) in [6.07, 6.45) is -0.168. The number of ether oxygens (including phenoxy) is 1. The second kappa shape index (κ2) is 10.6. The van der Waals surface area contributed by atoms with Crippen molar-refractivity contribution in [2.75, 3.05) is 0 Å². The molecule has 0 heterocycles. The van der Waals surface area contributed by atoms with E-state index in [0.29, 0.717) is 6.42 Å². The number of hydrogen-bond donors (Lipinski definition) is 3. The summed E-state index contributed by atoms with van der Waals surface area (Å²) in [7, 11) is 0. The molecular weight excluding hydrogens is 232 g/mol. The number of hydrogen-bond acceptors (Lipinski definition) is 5. The van der Waals surface area contributed by atoms with Gasteiger partial charge in [0.2, 0.25) is 6.29 Å². The van der Waals surface area contributed by atoms with Crippen LogP contribution in [-0.2, 0) is 19.1 Å². The highest BCUT2D eigenvalue weighted by molar-refractivity contribution is 5.81. The molecule has 0 fully saturated rings. The van der Waals surface area contributed by atoms with Crippen molar-refractivity contribution < 1.29 is 34.4 Å². The van der Waals surface area contributed by atoms with Crippen molar-refractivity contribution in [1.82, 2.24) is 0 Å². The fraction of sp³-hybridized carbons (Fsp3) is 0.500. The molecule has 1 atom stereocenters. The van der Waals surface area contributed by atoms with Crippen LogP contribution in [0, 0.1) is 0 Å². The van der Waals surface area contributed by atoms with Gasteiger partial charge in [0.25, 0.3) is 0 Å². The van der Waals surface area contributed by atoms with Crippen LogP contribution >= 0.6 is 0 Å². The van der Waals surface area contributed by atoms with Crippen molar-refractivity contribution in [3.05, 3.63) is 12.7 Å². The van der Waals surface area contributed by atoms with Crippen LogP contribution in [-0.4, -0.2) is 39.5 Å². The van der Waals surface area contributed by atoms with Gasteiger partial charge in [-0.25, -0.2) is 4.79 Å². The Bertz CT molecular complexity index is 258. The molecule has 0 saturated heterocycles. The van der Waals surface area contributed by atoms with E-state index < -0.39 is 24.2 Å². The van der Waals surface area contributed by atoms with Crippen LogP contribution in [0.25, 0.3) is 0 Å². The monoisotopic (exact) mass is 248 g/mol. The molecule has 7 heteroatoms.